The van der Waals surface area contributed by atoms with Gasteiger partial charge in [0.05, 0.1) is 6.61 Å². The number of aryl methyl sites for hydroxylation is 1. The second-order valence-electron chi connectivity index (χ2n) is 3.71. The molecule has 1 N–H and O–H groups in total. The van der Waals surface area contributed by atoms with Crippen LogP contribution in [0.15, 0.2) is 18.2 Å². The lowest BCUT2D eigenvalue weighted by molar-refractivity contribution is 0.148. The quantitative estimate of drug-likeness (QED) is 0.707. The van der Waals surface area contributed by atoms with E-state index in [4.69, 9.17) is 9.47 Å². The van der Waals surface area contributed by atoms with Crippen LogP contribution in [0.5, 0.6) is 5.75 Å². The van der Waals surface area contributed by atoms with Gasteiger partial charge < -0.3 is 14.8 Å². The van der Waals surface area contributed by atoms with Gasteiger partial charge in [0.25, 0.3) is 0 Å². The standard InChI is InChI=1S/C13H20FNO2/c1-3-16-8-6-15-7-9-17-12-4-5-13(14)11(2)10-12/h4-5,10,15H,3,6-9H2,1-2H3. The number of hydrogen-bond acceptors (Lipinski definition) is 3. The largest absolute Gasteiger partial charge is 0.492 e. The highest BCUT2D eigenvalue weighted by Crippen LogP contribution is 2.15. The number of nitrogens with one attached hydrogen (secondary N) is 1. The Labute approximate surface area is 102 Å². The van der Waals surface area contributed by atoms with Crippen molar-refractivity contribution < 1.29 is 13.9 Å². The minimum absolute atomic E-state index is 0.202. The molecule has 0 aliphatic rings. The molecule has 0 heterocycles. The predicted octanol–water partition coefficient (Wildman–Crippen LogP) is 2.14. The highest BCUT2D eigenvalue weighted by Gasteiger charge is 1.99. The first-order valence-corrected chi connectivity index (χ1v) is 5.91. The number of benzene rings is 1. The zero-order valence-electron chi connectivity index (χ0n) is 10.5. The van der Waals surface area contributed by atoms with Crippen LogP contribution < -0.4 is 10.1 Å². The van der Waals surface area contributed by atoms with E-state index in [1.165, 1.54) is 6.07 Å². The van der Waals surface area contributed by atoms with Gasteiger partial charge >= 0.3 is 0 Å². The third-order valence-corrected chi connectivity index (χ3v) is 2.30. The van der Waals surface area contributed by atoms with Gasteiger partial charge in [-0.2, -0.15) is 0 Å². The van der Waals surface area contributed by atoms with Crippen LogP contribution in [-0.4, -0.2) is 32.9 Å². The molecule has 0 saturated carbocycles. The monoisotopic (exact) mass is 241 g/mol. The van der Waals surface area contributed by atoms with Crippen LogP contribution in [0.1, 0.15) is 12.5 Å². The third kappa shape index (κ3) is 5.65. The van der Waals surface area contributed by atoms with Crippen LogP contribution in [0.4, 0.5) is 4.39 Å². The maximum Gasteiger partial charge on any atom is 0.126 e. The van der Waals surface area contributed by atoms with Gasteiger partial charge in [-0.15, -0.1) is 0 Å². The average molecular weight is 241 g/mol. The molecule has 0 saturated heterocycles. The van der Waals surface area contributed by atoms with Crippen LogP contribution in [0.25, 0.3) is 0 Å². The van der Waals surface area contributed by atoms with Crippen LogP contribution >= 0.6 is 0 Å². The average Bonchev–Trinajstić information content (AvgIpc) is 2.32. The molecule has 0 spiro atoms. The Hall–Kier alpha value is -1.13. The Bertz CT molecular complexity index is 331. The van der Waals surface area contributed by atoms with E-state index >= 15 is 0 Å². The second-order valence-corrected chi connectivity index (χ2v) is 3.71. The number of halogens is 1. The zero-order chi connectivity index (χ0) is 12.5. The molecule has 0 fully saturated rings. The van der Waals surface area contributed by atoms with E-state index in [1.54, 1.807) is 19.1 Å². The van der Waals surface area contributed by atoms with E-state index < -0.39 is 0 Å². The minimum Gasteiger partial charge on any atom is -0.492 e. The smallest absolute Gasteiger partial charge is 0.126 e. The van der Waals surface area contributed by atoms with E-state index in [2.05, 4.69) is 5.32 Å². The zero-order valence-corrected chi connectivity index (χ0v) is 10.5. The second kappa shape index (κ2) is 8.03. The van der Waals surface area contributed by atoms with E-state index in [0.717, 1.165) is 19.7 Å². The molecule has 0 bridgehead atoms. The van der Waals surface area contributed by atoms with Crippen molar-refractivity contribution in [3.63, 3.8) is 0 Å². The predicted molar refractivity (Wildman–Crippen MR) is 66.0 cm³/mol. The van der Waals surface area contributed by atoms with Crippen molar-refractivity contribution in [1.82, 2.24) is 5.32 Å². The molecular formula is C13H20FNO2. The van der Waals surface area contributed by atoms with E-state index in [1.807, 2.05) is 6.92 Å². The summed E-state index contributed by atoms with van der Waals surface area (Å²) < 4.78 is 23.6. The van der Waals surface area contributed by atoms with Crippen molar-refractivity contribution in [2.75, 3.05) is 32.9 Å². The molecule has 4 heteroatoms. The Balaban J connectivity index is 2.11. The van der Waals surface area contributed by atoms with Gasteiger partial charge in [0.1, 0.15) is 18.2 Å². The van der Waals surface area contributed by atoms with Gasteiger partial charge in [-0.05, 0) is 37.6 Å². The van der Waals surface area contributed by atoms with Crippen molar-refractivity contribution in [3.05, 3.63) is 29.6 Å². The van der Waals surface area contributed by atoms with Crippen LogP contribution in [0.3, 0.4) is 0 Å². The van der Waals surface area contributed by atoms with E-state index in [9.17, 15) is 4.39 Å². The summed E-state index contributed by atoms with van der Waals surface area (Å²) in [6.07, 6.45) is 0. The molecule has 96 valence electrons. The van der Waals surface area contributed by atoms with Crippen LogP contribution in [-0.2, 0) is 4.74 Å². The molecule has 1 aromatic carbocycles. The molecule has 3 nitrogen and oxygen atoms in total. The summed E-state index contributed by atoms with van der Waals surface area (Å²) in [5.74, 6) is 0.502. The Morgan fingerprint density at radius 2 is 2.00 bits per heavy atom. The van der Waals surface area contributed by atoms with Crippen molar-refractivity contribution in [2.45, 2.75) is 13.8 Å². The van der Waals surface area contributed by atoms with Crippen molar-refractivity contribution >= 4 is 0 Å². The molecule has 0 aliphatic heterocycles. The molecule has 0 radical (unpaired) electrons. The summed E-state index contributed by atoms with van der Waals surface area (Å²) in [7, 11) is 0. The molecule has 17 heavy (non-hydrogen) atoms. The number of hydrogen-bond donors (Lipinski definition) is 1. The van der Waals surface area contributed by atoms with Crippen molar-refractivity contribution in [1.29, 1.82) is 0 Å². The summed E-state index contributed by atoms with van der Waals surface area (Å²) in [4.78, 5) is 0. The first-order chi connectivity index (χ1) is 8.24. The topological polar surface area (TPSA) is 30.5 Å². The van der Waals surface area contributed by atoms with Gasteiger partial charge in [0, 0.05) is 19.7 Å². The maximum absolute atomic E-state index is 13.0. The van der Waals surface area contributed by atoms with E-state index in [0.29, 0.717) is 24.5 Å². The van der Waals surface area contributed by atoms with Gasteiger partial charge in [-0.3, -0.25) is 0 Å². The fourth-order valence-corrected chi connectivity index (χ4v) is 1.36. The maximum atomic E-state index is 13.0. The fourth-order valence-electron chi connectivity index (χ4n) is 1.36. The number of rotatable bonds is 8. The molecule has 0 aromatic heterocycles. The van der Waals surface area contributed by atoms with Crippen LogP contribution in [0, 0.1) is 12.7 Å². The lowest BCUT2D eigenvalue weighted by Crippen LogP contribution is -2.25. The summed E-state index contributed by atoms with van der Waals surface area (Å²) >= 11 is 0. The number of ether oxygens (including phenoxy) is 2. The summed E-state index contributed by atoms with van der Waals surface area (Å²) in [5.41, 5.74) is 0.604. The molecule has 1 aromatic rings. The normalized spacial score (nSPS) is 10.5. The van der Waals surface area contributed by atoms with E-state index in [-0.39, 0.29) is 5.82 Å². The molecular weight excluding hydrogens is 221 g/mol. The molecule has 0 aliphatic carbocycles. The molecule has 0 unspecified atom stereocenters. The van der Waals surface area contributed by atoms with Gasteiger partial charge in [0.15, 0.2) is 0 Å². The molecule has 0 atom stereocenters. The molecule has 1 rings (SSSR count). The highest BCUT2D eigenvalue weighted by atomic mass is 19.1. The minimum atomic E-state index is -0.202. The van der Waals surface area contributed by atoms with Gasteiger partial charge in [-0.25, -0.2) is 4.39 Å². The Morgan fingerprint density at radius 3 is 2.71 bits per heavy atom. The fraction of sp³-hybridized carbons (Fsp3) is 0.538. The Kier molecular flexibility index (Phi) is 6.58. The third-order valence-electron chi connectivity index (χ3n) is 2.30. The first-order valence-electron chi connectivity index (χ1n) is 5.91. The SMILES string of the molecule is CCOCCNCCOc1ccc(F)c(C)c1. The highest BCUT2D eigenvalue weighted by molar-refractivity contribution is 5.28. The summed E-state index contributed by atoms with van der Waals surface area (Å²) in [5, 5.41) is 3.19. The van der Waals surface area contributed by atoms with Crippen molar-refractivity contribution in [2.24, 2.45) is 0 Å². The lowest BCUT2D eigenvalue weighted by atomic mass is 10.2. The van der Waals surface area contributed by atoms with Gasteiger partial charge in [0.2, 0.25) is 0 Å². The lowest BCUT2D eigenvalue weighted by Gasteiger charge is -2.08. The Morgan fingerprint density at radius 1 is 1.24 bits per heavy atom. The summed E-state index contributed by atoms with van der Waals surface area (Å²) in [6.45, 7) is 7.29. The summed E-state index contributed by atoms with van der Waals surface area (Å²) in [6, 6.07) is 4.77. The van der Waals surface area contributed by atoms with Crippen LogP contribution in [0.2, 0.25) is 0 Å². The van der Waals surface area contributed by atoms with Gasteiger partial charge in [-0.1, -0.05) is 0 Å². The first kappa shape index (κ1) is 13.9. The molecule has 0 amide bonds. The van der Waals surface area contributed by atoms with Crippen molar-refractivity contribution in [3.8, 4) is 5.75 Å².